The van der Waals surface area contributed by atoms with E-state index < -0.39 is 5.91 Å². The number of hydrogen-bond donors (Lipinski definition) is 3. The Labute approximate surface area is 128 Å². The fourth-order valence-corrected chi connectivity index (χ4v) is 3.35. The van der Waals surface area contributed by atoms with Crippen molar-refractivity contribution in [2.75, 3.05) is 0 Å². The smallest absolute Gasteiger partial charge is 0.274 e. The largest absolute Gasteiger partial charge is 0.394 e. The molecule has 1 aliphatic heterocycles. The second kappa shape index (κ2) is 5.33. The molecule has 0 radical (unpaired) electrons. The Morgan fingerprint density at radius 2 is 1.91 bits per heavy atom. The first-order chi connectivity index (χ1) is 10.5. The Hall–Kier alpha value is -2.56. The van der Waals surface area contributed by atoms with Gasteiger partial charge in [0.1, 0.15) is 5.70 Å². The van der Waals surface area contributed by atoms with E-state index in [0.717, 1.165) is 22.9 Å². The number of fused-ring (bicyclic) bond motifs is 1. The SMILES string of the molecule is CCC(C1=C(N)C(=O)NC1=O)C(C)c1c[nH]c2ccccc12. The molecule has 4 N–H and O–H groups in total. The lowest BCUT2D eigenvalue weighted by molar-refractivity contribution is -0.124. The van der Waals surface area contributed by atoms with Gasteiger partial charge < -0.3 is 10.7 Å². The predicted octanol–water partition coefficient (Wildman–Crippen LogP) is 2.17. The van der Waals surface area contributed by atoms with Gasteiger partial charge in [-0.1, -0.05) is 32.0 Å². The normalized spacial score (nSPS) is 17.9. The van der Waals surface area contributed by atoms with Crippen molar-refractivity contribution in [3.63, 3.8) is 0 Å². The molecule has 0 bridgehead atoms. The average molecular weight is 297 g/mol. The molecule has 0 spiro atoms. The number of rotatable bonds is 4. The zero-order valence-electron chi connectivity index (χ0n) is 12.6. The molecule has 5 nitrogen and oxygen atoms in total. The first-order valence-electron chi connectivity index (χ1n) is 7.46. The van der Waals surface area contributed by atoms with Crippen molar-refractivity contribution in [3.05, 3.63) is 47.3 Å². The van der Waals surface area contributed by atoms with Gasteiger partial charge in [0.05, 0.1) is 0 Å². The van der Waals surface area contributed by atoms with E-state index in [1.807, 2.05) is 31.3 Å². The Bertz CT molecular complexity index is 788. The van der Waals surface area contributed by atoms with E-state index in [1.165, 1.54) is 0 Å². The third-order valence-corrected chi connectivity index (χ3v) is 4.53. The molecule has 1 aromatic carbocycles. The first kappa shape index (κ1) is 14.4. The molecule has 2 heterocycles. The van der Waals surface area contributed by atoms with Crippen LogP contribution in [-0.4, -0.2) is 16.8 Å². The van der Waals surface area contributed by atoms with E-state index >= 15 is 0 Å². The lowest BCUT2D eigenvalue weighted by Crippen LogP contribution is -2.26. The number of amides is 2. The Kier molecular flexibility index (Phi) is 3.48. The van der Waals surface area contributed by atoms with Gasteiger partial charge in [0.2, 0.25) is 0 Å². The van der Waals surface area contributed by atoms with Crippen molar-refractivity contribution in [2.45, 2.75) is 26.2 Å². The minimum atomic E-state index is -0.482. The maximum Gasteiger partial charge on any atom is 0.274 e. The highest BCUT2D eigenvalue weighted by Crippen LogP contribution is 2.37. The average Bonchev–Trinajstić information content (AvgIpc) is 3.04. The highest BCUT2D eigenvalue weighted by atomic mass is 16.2. The van der Waals surface area contributed by atoms with E-state index in [9.17, 15) is 9.59 Å². The van der Waals surface area contributed by atoms with Crippen molar-refractivity contribution in [1.82, 2.24) is 10.3 Å². The molecule has 1 aromatic heterocycles. The van der Waals surface area contributed by atoms with E-state index in [4.69, 9.17) is 5.73 Å². The van der Waals surface area contributed by atoms with Gasteiger partial charge in [-0.2, -0.15) is 0 Å². The molecule has 2 amide bonds. The van der Waals surface area contributed by atoms with Crippen LogP contribution in [0.4, 0.5) is 0 Å². The van der Waals surface area contributed by atoms with Crippen LogP contribution in [0.5, 0.6) is 0 Å². The summed E-state index contributed by atoms with van der Waals surface area (Å²) in [5.41, 5.74) is 8.51. The highest BCUT2D eigenvalue weighted by Gasteiger charge is 2.36. The van der Waals surface area contributed by atoms with Gasteiger partial charge in [-0.25, -0.2) is 0 Å². The number of aromatic amines is 1. The standard InChI is InChI=1S/C17H19N3O2/c1-3-10(14-15(18)17(22)20-16(14)21)9(2)12-8-19-13-7-5-4-6-11(12)13/h4-10,19H,3H2,1-2H3,(H3,18,20,21,22). The summed E-state index contributed by atoms with van der Waals surface area (Å²) in [5.74, 6) is -0.859. The number of carbonyl (C=O) groups excluding carboxylic acids is 2. The minimum absolute atomic E-state index is 0.0588. The Morgan fingerprint density at radius 3 is 2.55 bits per heavy atom. The van der Waals surface area contributed by atoms with Crippen LogP contribution in [0.25, 0.3) is 10.9 Å². The Balaban J connectivity index is 2.04. The fraction of sp³-hybridized carbons (Fsp3) is 0.294. The van der Waals surface area contributed by atoms with Crippen LogP contribution in [-0.2, 0) is 9.59 Å². The van der Waals surface area contributed by atoms with Crippen LogP contribution in [0.2, 0.25) is 0 Å². The van der Waals surface area contributed by atoms with Gasteiger partial charge in [0.15, 0.2) is 0 Å². The molecule has 5 heteroatoms. The lowest BCUT2D eigenvalue weighted by Gasteiger charge is -2.23. The zero-order chi connectivity index (χ0) is 15.9. The third kappa shape index (κ3) is 2.09. The summed E-state index contributed by atoms with van der Waals surface area (Å²) >= 11 is 0. The summed E-state index contributed by atoms with van der Waals surface area (Å²) in [6.45, 7) is 4.08. The van der Waals surface area contributed by atoms with E-state index in [2.05, 4.69) is 23.3 Å². The number of nitrogens with one attached hydrogen (secondary N) is 2. The predicted molar refractivity (Wildman–Crippen MR) is 84.9 cm³/mol. The van der Waals surface area contributed by atoms with Crippen molar-refractivity contribution in [3.8, 4) is 0 Å². The van der Waals surface area contributed by atoms with E-state index in [0.29, 0.717) is 5.57 Å². The lowest BCUT2D eigenvalue weighted by atomic mass is 9.80. The molecular weight excluding hydrogens is 278 g/mol. The molecule has 2 unspecified atom stereocenters. The highest BCUT2D eigenvalue weighted by molar-refractivity contribution is 6.19. The van der Waals surface area contributed by atoms with Gasteiger partial charge in [-0.05, 0) is 29.9 Å². The number of hydrogen-bond acceptors (Lipinski definition) is 3. The van der Waals surface area contributed by atoms with Gasteiger partial charge in [-0.15, -0.1) is 0 Å². The van der Waals surface area contributed by atoms with Gasteiger partial charge >= 0.3 is 0 Å². The summed E-state index contributed by atoms with van der Waals surface area (Å²) in [7, 11) is 0. The molecular formula is C17H19N3O2. The molecule has 2 atom stereocenters. The van der Waals surface area contributed by atoms with Crippen LogP contribution in [0.1, 0.15) is 31.7 Å². The summed E-state index contributed by atoms with van der Waals surface area (Å²) < 4.78 is 0. The number of aromatic nitrogens is 1. The summed E-state index contributed by atoms with van der Waals surface area (Å²) in [6.07, 6.45) is 2.71. The molecule has 0 saturated carbocycles. The topological polar surface area (TPSA) is 88.0 Å². The van der Waals surface area contributed by atoms with Crippen molar-refractivity contribution in [1.29, 1.82) is 0 Å². The third-order valence-electron chi connectivity index (χ3n) is 4.53. The van der Waals surface area contributed by atoms with Crippen molar-refractivity contribution >= 4 is 22.7 Å². The molecule has 1 aliphatic rings. The second-order valence-corrected chi connectivity index (χ2v) is 5.70. The summed E-state index contributed by atoms with van der Waals surface area (Å²) in [5, 5.41) is 3.42. The second-order valence-electron chi connectivity index (χ2n) is 5.70. The van der Waals surface area contributed by atoms with Crippen LogP contribution in [0, 0.1) is 5.92 Å². The van der Waals surface area contributed by atoms with Crippen LogP contribution < -0.4 is 11.1 Å². The molecule has 3 rings (SSSR count). The van der Waals surface area contributed by atoms with Gasteiger partial charge in [0, 0.05) is 22.7 Å². The van der Waals surface area contributed by atoms with Gasteiger partial charge in [-0.3, -0.25) is 14.9 Å². The van der Waals surface area contributed by atoms with Gasteiger partial charge in [0.25, 0.3) is 11.8 Å². The van der Waals surface area contributed by atoms with Crippen molar-refractivity contribution in [2.24, 2.45) is 11.7 Å². The minimum Gasteiger partial charge on any atom is -0.394 e. The van der Waals surface area contributed by atoms with E-state index in [-0.39, 0.29) is 23.4 Å². The maximum atomic E-state index is 12.1. The van der Waals surface area contributed by atoms with Crippen LogP contribution in [0.15, 0.2) is 41.7 Å². The Morgan fingerprint density at radius 1 is 1.18 bits per heavy atom. The van der Waals surface area contributed by atoms with Crippen LogP contribution in [0.3, 0.4) is 0 Å². The maximum absolute atomic E-state index is 12.1. The zero-order valence-corrected chi connectivity index (χ0v) is 12.6. The molecule has 0 saturated heterocycles. The number of carbonyl (C=O) groups is 2. The number of para-hydroxylation sites is 1. The quantitative estimate of drug-likeness (QED) is 0.756. The number of nitrogens with two attached hydrogens (primary N) is 1. The molecule has 22 heavy (non-hydrogen) atoms. The molecule has 0 fully saturated rings. The molecule has 2 aromatic rings. The molecule has 0 aliphatic carbocycles. The monoisotopic (exact) mass is 297 g/mol. The fourth-order valence-electron chi connectivity index (χ4n) is 3.35. The summed E-state index contributed by atoms with van der Waals surface area (Å²) in [6, 6.07) is 8.05. The summed E-state index contributed by atoms with van der Waals surface area (Å²) in [4.78, 5) is 26.9. The van der Waals surface area contributed by atoms with Crippen LogP contribution >= 0.6 is 0 Å². The number of H-pyrrole nitrogens is 1. The van der Waals surface area contributed by atoms with E-state index in [1.54, 1.807) is 0 Å². The first-order valence-corrected chi connectivity index (χ1v) is 7.46. The number of imide groups is 1. The van der Waals surface area contributed by atoms with Crippen molar-refractivity contribution < 1.29 is 9.59 Å². The number of benzene rings is 1. The molecule has 114 valence electrons.